The molecule has 1 aromatic carbocycles. The van der Waals surface area contributed by atoms with E-state index in [1.54, 1.807) is 55.6 Å². The van der Waals surface area contributed by atoms with Gasteiger partial charge in [0.05, 0.1) is 32.5 Å². The number of piperidine rings is 1. The minimum absolute atomic E-state index is 0.0452. The third kappa shape index (κ3) is 5.45. The number of benzene rings is 1. The SMILES string of the molecule is COc1cc2nccc(Oc3ccc(NC(=O)NCC(=O)N4CCCCC4)nc3)c2cc1OC. The van der Waals surface area contributed by atoms with Crippen LogP contribution in [0.3, 0.4) is 0 Å². The molecule has 1 fully saturated rings. The minimum Gasteiger partial charge on any atom is -0.493 e. The molecule has 0 radical (unpaired) electrons. The Kier molecular flexibility index (Phi) is 7.26. The lowest BCUT2D eigenvalue weighted by Crippen LogP contribution is -2.43. The van der Waals surface area contributed by atoms with Crippen molar-refractivity contribution in [3.63, 3.8) is 0 Å². The molecule has 1 aliphatic rings. The maximum atomic E-state index is 12.2. The highest BCUT2D eigenvalue weighted by Crippen LogP contribution is 2.36. The van der Waals surface area contributed by atoms with Gasteiger partial charge in [0.2, 0.25) is 5.91 Å². The Hall–Kier alpha value is -4.08. The molecule has 1 aliphatic heterocycles. The van der Waals surface area contributed by atoms with Gasteiger partial charge >= 0.3 is 6.03 Å². The highest BCUT2D eigenvalue weighted by Gasteiger charge is 2.17. The summed E-state index contributed by atoms with van der Waals surface area (Å²) in [5.74, 6) is 2.45. The normalized spacial score (nSPS) is 13.3. The molecule has 2 aromatic heterocycles. The molecule has 2 N–H and O–H groups in total. The number of rotatable bonds is 7. The summed E-state index contributed by atoms with van der Waals surface area (Å²) in [6.07, 6.45) is 6.30. The lowest BCUT2D eigenvalue weighted by Gasteiger charge is -2.26. The van der Waals surface area contributed by atoms with Crippen LogP contribution in [0.5, 0.6) is 23.0 Å². The van der Waals surface area contributed by atoms with Gasteiger partial charge in [0, 0.05) is 30.7 Å². The summed E-state index contributed by atoms with van der Waals surface area (Å²) in [6.45, 7) is 1.45. The number of fused-ring (bicyclic) bond motifs is 1. The number of aromatic nitrogens is 2. The molecule has 0 spiro atoms. The number of urea groups is 1. The number of pyridine rings is 2. The molecule has 0 bridgehead atoms. The molecule has 178 valence electrons. The van der Waals surface area contributed by atoms with Gasteiger partial charge in [-0.3, -0.25) is 15.1 Å². The number of hydrogen-bond acceptors (Lipinski definition) is 7. The monoisotopic (exact) mass is 465 g/mol. The third-order valence-corrected chi connectivity index (χ3v) is 5.52. The number of nitrogens with one attached hydrogen (secondary N) is 2. The summed E-state index contributed by atoms with van der Waals surface area (Å²) in [4.78, 5) is 34.7. The van der Waals surface area contributed by atoms with E-state index in [-0.39, 0.29) is 12.5 Å². The number of hydrogen-bond donors (Lipinski definition) is 2. The van der Waals surface area contributed by atoms with Crippen molar-refractivity contribution >= 4 is 28.7 Å². The van der Waals surface area contributed by atoms with Gasteiger partial charge in [-0.15, -0.1) is 0 Å². The molecule has 0 saturated carbocycles. The largest absolute Gasteiger partial charge is 0.493 e. The fraction of sp³-hybridized carbons (Fsp3) is 0.333. The predicted molar refractivity (Wildman–Crippen MR) is 127 cm³/mol. The van der Waals surface area contributed by atoms with Crippen LogP contribution in [-0.4, -0.2) is 60.7 Å². The van der Waals surface area contributed by atoms with E-state index in [0.29, 0.717) is 34.3 Å². The fourth-order valence-electron chi connectivity index (χ4n) is 3.75. The first kappa shape index (κ1) is 23.1. The van der Waals surface area contributed by atoms with Crippen molar-refractivity contribution < 1.29 is 23.8 Å². The van der Waals surface area contributed by atoms with Crippen LogP contribution < -0.4 is 24.8 Å². The number of likely N-dealkylation sites (tertiary alicyclic amines) is 1. The van der Waals surface area contributed by atoms with Crippen LogP contribution in [0.25, 0.3) is 10.9 Å². The molecule has 3 heterocycles. The second-order valence-electron chi connectivity index (χ2n) is 7.76. The molecule has 4 rings (SSSR count). The summed E-state index contributed by atoms with van der Waals surface area (Å²) in [6, 6.07) is 8.14. The van der Waals surface area contributed by atoms with Crippen molar-refractivity contribution in [2.45, 2.75) is 19.3 Å². The van der Waals surface area contributed by atoms with E-state index in [2.05, 4.69) is 20.6 Å². The maximum absolute atomic E-state index is 12.2. The van der Waals surface area contributed by atoms with E-state index in [1.165, 1.54) is 6.20 Å². The van der Waals surface area contributed by atoms with Gasteiger partial charge in [-0.25, -0.2) is 9.78 Å². The molecular weight excluding hydrogens is 438 g/mol. The predicted octanol–water partition coefficient (Wildman–Crippen LogP) is 3.57. The van der Waals surface area contributed by atoms with Gasteiger partial charge in [0.15, 0.2) is 11.5 Å². The number of nitrogens with zero attached hydrogens (tertiary/aromatic N) is 3. The van der Waals surface area contributed by atoms with E-state index in [0.717, 1.165) is 37.7 Å². The van der Waals surface area contributed by atoms with Crippen LogP contribution in [0.15, 0.2) is 42.7 Å². The Labute approximate surface area is 197 Å². The van der Waals surface area contributed by atoms with Crippen LogP contribution in [-0.2, 0) is 4.79 Å². The highest BCUT2D eigenvalue weighted by atomic mass is 16.5. The standard InChI is InChI=1S/C24H27N5O5/c1-32-20-12-17-18(13-21(20)33-2)25-9-8-19(17)34-16-6-7-22(26-14-16)28-24(31)27-15-23(30)29-10-4-3-5-11-29/h6-9,12-14H,3-5,10-11,15H2,1-2H3,(H2,26,27,28,31). The smallest absolute Gasteiger partial charge is 0.320 e. The van der Waals surface area contributed by atoms with E-state index >= 15 is 0 Å². The van der Waals surface area contributed by atoms with E-state index in [1.807, 2.05) is 0 Å². The number of carbonyl (C=O) groups excluding carboxylic acids is 2. The summed E-state index contributed by atoms with van der Waals surface area (Å²) in [5.41, 5.74) is 0.692. The molecule has 3 aromatic rings. The van der Waals surface area contributed by atoms with Crippen LogP contribution >= 0.6 is 0 Å². The van der Waals surface area contributed by atoms with Crippen molar-refractivity contribution in [3.05, 3.63) is 42.7 Å². The van der Waals surface area contributed by atoms with E-state index < -0.39 is 6.03 Å². The summed E-state index contributed by atoms with van der Waals surface area (Å²) >= 11 is 0. The fourth-order valence-corrected chi connectivity index (χ4v) is 3.75. The van der Waals surface area contributed by atoms with E-state index in [4.69, 9.17) is 14.2 Å². The molecule has 1 saturated heterocycles. The van der Waals surface area contributed by atoms with Gasteiger partial charge in [-0.1, -0.05) is 0 Å². The molecule has 0 unspecified atom stereocenters. The number of ether oxygens (including phenoxy) is 3. The first-order valence-corrected chi connectivity index (χ1v) is 11.0. The van der Waals surface area contributed by atoms with Crippen LogP contribution in [0.4, 0.5) is 10.6 Å². The molecular formula is C24H27N5O5. The third-order valence-electron chi connectivity index (χ3n) is 5.52. The van der Waals surface area contributed by atoms with Crippen molar-refractivity contribution in [1.82, 2.24) is 20.2 Å². The second kappa shape index (κ2) is 10.7. The Morgan fingerprint density at radius 1 is 0.971 bits per heavy atom. The average Bonchev–Trinajstić information content (AvgIpc) is 2.88. The Balaban J connectivity index is 1.37. The van der Waals surface area contributed by atoms with Crippen molar-refractivity contribution in [3.8, 4) is 23.0 Å². The highest BCUT2D eigenvalue weighted by molar-refractivity contribution is 5.91. The number of anilines is 1. The molecule has 0 aliphatic carbocycles. The van der Waals surface area contributed by atoms with Gasteiger partial charge in [0.1, 0.15) is 17.3 Å². The molecule has 10 nitrogen and oxygen atoms in total. The van der Waals surface area contributed by atoms with E-state index in [9.17, 15) is 9.59 Å². The maximum Gasteiger partial charge on any atom is 0.320 e. The first-order valence-electron chi connectivity index (χ1n) is 11.0. The molecule has 34 heavy (non-hydrogen) atoms. The van der Waals surface area contributed by atoms with Crippen molar-refractivity contribution in [2.24, 2.45) is 0 Å². The minimum atomic E-state index is -0.493. The van der Waals surface area contributed by atoms with Crippen LogP contribution in [0.2, 0.25) is 0 Å². The topological polar surface area (TPSA) is 115 Å². The first-order chi connectivity index (χ1) is 16.6. The Bertz CT molecular complexity index is 1160. The Morgan fingerprint density at radius 3 is 2.44 bits per heavy atom. The van der Waals surface area contributed by atoms with Crippen LogP contribution in [0, 0.1) is 0 Å². The van der Waals surface area contributed by atoms with Gasteiger partial charge in [0.25, 0.3) is 0 Å². The van der Waals surface area contributed by atoms with Crippen molar-refractivity contribution in [2.75, 3.05) is 39.2 Å². The quantitative estimate of drug-likeness (QED) is 0.548. The zero-order valence-electron chi connectivity index (χ0n) is 19.2. The molecule has 10 heteroatoms. The Morgan fingerprint density at radius 2 is 1.74 bits per heavy atom. The summed E-state index contributed by atoms with van der Waals surface area (Å²) in [7, 11) is 3.13. The summed E-state index contributed by atoms with van der Waals surface area (Å²) < 4.78 is 16.7. The zero-order valence-corrected chi connectivity index (χ0v) is 19.2. The molecule has 3 amide bonds. The summed E-state index contributed by atoms with van der Waals surface area (Å²) in [5, 5.41) is 5.95. The van der Waals surface area contributed by atoms with Crippen molar-refractivity contribution in [1.29, 1.82) is 0 Å². The second-order valence-corrected chi connectivity index (χ2v) is 7.76. The number of methoxy groups -OCH3 is 2. The number of carbonyl (C=O) groups is 2. The lowest BCUT2D eigenvalue weighted by molar-refractivity contribution is -0.130. The zero-order chi connectivity index (χ0) is 23.9. The van der Waals surface area contributed by atoms with Gasteiger partial charge in [-0.2, -0.15) is 0 Å². The number of amides is 3. The lowest BCUT2D eigenvalue weighted by atomic mass is 10.1. The van der Waals surface area contributed by atoms with Gasteiger partial charge < -0.3 is 24.4 Å². The van der Waals surface area contributed by atoms with Crippen LogP contribution in [0.1, 0.15) is 19.3 Å². The average molecular weight is 466 g/mol. The molecule has 0 atom stereocenters. The van der Waals surface area contributed by atoms with Gasteiger partial charge in [-0.05, 0) is 43.5 Å².